The summed E-state index contributed by atoms with van der Waals surface area (Å²) in [6.45, 7) is 3.10. The van der Waals surface area contributed by atoms with Crippen LogP contribution in [0.3, 0.4) is 0 Å². The van der Waals surface area contributed by atoms with E-state index in [4.69, 9.17) is 0 Å². The number of thioether (sulfide) groups is 1. The Morgan fingerprint density at radius 1 is 1.26 bits per heavy atom. The Balaban J connectivity index is 2.01. The molecule has 4 nitrogen and oxygen atoms in total. The van der Waals surface area contributed by atoms with Gasteiger partial charge >= 0.3 is 6.03 Å². The van der Waals surface area contributed by atoms with Gasteiger partial charge < -0.3 is 10.2 Å². The zero-order valence-electron chi connectivity index (χ0n) is 11.0. The van der Waals surface area contributed by atoms with Crippen LogP contribution in [0.4, 0.5) is 10.5 Å². The van der Waals surface area contributed by atoms with Crippen LogP contribution in [-0.4, -0.2) is 41.3 Å². The second-order valence-corrected chi connectivity index (χ2v) is 5.74. The van der Waals surface area contributed by atoms with E-state index >= 15 is 0 Å². The second-order valence-electron chi connectivity index (χ2n) is 4.52. The number of rotatable bonds is 2. The van der Waals surface area contributed by atoms with E-state index in [9.17, 15) is 9.59 Å². The summed E-state index contributed by atoms with van der Waals surface area (Å²) < 4.78 is 0. The molecule has 0 spiro atoms. The van der Waals surface area contributed by atoms with Gasteiger partial charge in [0.15, 0.2) is 5.78 Å². The third-order valence-corrected chi connectivity index (χ3v) is 4.08. The molecule has 0 aromatic heterocycles. The fourth-order valence-corrected chi connectivity index (χ4v) is 2.85. The summed E-state index contributed by atoms with van der Waals surface area (Å²) in [4.78, 5) is 25.3. The number of amides is 2. The van der Waals surface area contributed by atoms with Crippen LogP contribution < -0.4 is 5.32 Å². The number of hydrogen-bond donors (Lipinski definition) is 1. The number of carbonyl (C=O) groups is 2. The number of benzene rings is 1. The van der Waals surface area contributed by atoms with Crippen molar-refractivity contribution in [1.82, 2.24) is 4.90 Å². The highest BCUT2D eigenvalue weighted by Crippen LogP contribution is 2.14. The summed E-state index contributed by atoms with van der Waals surface area (Å²) in [5, 5.41) is 2.86. The summed E-state index contributed by atoms with van der Waals surface area (Å²) in [5.74, 6) is 2.10. The van der Waals surface area contributed by atoms with Crippen LogP contribution in [0.2, 0.25) is 0 Å². The smallest absolute Gasteiger partial charge is 0.321 e. The zero-order chi connectivity index (χ0) is 13.7. The highest BCUT2D eigenvalue weighted by Gasteiger charge is 2.15. The van der Waals surface area contributed by atoms with E-state index in [-0.39, 0.29) is 11.8 Å². The minimum atomic E-state index is -0.0804. The van der Waals surface area contributed by atoms with Gasteiger partial charge in [0.2, 0.25) is 0 Å². The quantitative estimate of drug-likeness (QED) is 0.846. The fourth-order valence-electron chi connectivity index (χ4n) is 1.97. The van der Waals surface area contributed by atoms with E-state index in [1.54, 1.807) is 24.3 Å². The lowest BCUT2D eigenvalue weighted by Gasteiger charge is -2.20. The maximum Gasteiger partial charge on any atom is 0.321 e. The molecule has 1 aliphatic heterocycles. The lowest BCUT2D eigenvalue weighted by Crippen LogP contribution is -2.36. The van der Waals surface area contributed by atoms with Gasteiger partial charge in [0.25, 0.3) is 0 Å². The molecule has 1 aromatic carbocycles. The highest BCUT2D eigenvalue weighted by molar-refractivity contribution is 7.99. The Labute approximate surface area is 117 Å². The minimum absolute atomic E-state index is 0.00210. The van der Waals surface area contributed by atoms with Crippen molar-refractivity contribution in [2.75, 3.05) is 29.9 Å². The van der Waals surface area contributed by atoms with Crippen molar-refractivity contribution in [3.05, 3.63) is 29.8 Å². The number of anilines is 1. The van der Waals surface area contributed by atoms with Crippen molar-refractivity contribution >= 4 is 29.3 Å². The summed E-state index contributed by atoms with van der Waals surface area (Å²) >= 11 is 1.88. The van der Waals surface area contributed by atoms with Crippen molar-refractivity contribution in [3.63, 3.8) is 0 Å². The Morgan fingerprint density at radius 3 is 2.89 bits per heavy atom. The second kappa shape index (κ2) is 6.61. The van der Waals surface area contributed by atoms with Gasteiger partial charge in [-0.1, -0.05) is 12.1 Å². The van der Waals surface area contributed by atoms with Gasteiger partial charge in [0.05, 0.1) is 0 Å². The predicted molar refractivity (Wildman–Crippen MR) is 79.0 cm³/mol. The Hall–Kier alpha value is -1.49. The molecule has 0 atom stereocenters. The molecule has 0 unspecified atom stereocenters. The summed E-state index contributed by atoms with van der Waals surface area (Å²) in [7, 11) is 0. The molecule has 2 amide bonds. The number of carbonyl (C=O) groups excluding carboxylic acids is 2. The van der Waals surface area contributed by atoms with E-state index in [1.807, 2.05) is 16.7 Å². The van der Waals surface area contributed by atoms with Gasteiger partial charge in [0, 0.05) is 30.1 Å². The lowest BCUT2D eigenvalue weighted by atomic mass is 10.1. The molecule has 2 rings (SSSR count). The van der Waals surface area contributed by atoms with Gasteiger partial charge in [-0.05, 0) is 31.2 Å². The molecule has 1 saturated heterocycles. The lowest BCUT2D eigenvalue weighted by molar-refractivity contribution is 0.101. The SMILES string of the molecule is CC(=O)c1cccc(NC(=O)N2CCCSCC2)c1. The largest absolute Gasteiger partial charge is 0.324 e. The number of hydrogen-bond acceptors (Lipinski definition) is 3. The minimum Gasteiger partial charge on any atom is -0.324 e. The van der Waals surface area contributed by atoms with Crippen molar-refractivity contribution in [2.24, 2.45) is 0 Å². The van der Waals surface area contributed by atoms with E-state index in [2.05, 4.69) is 5.32 Å². The van der Waals surface area contributed by atoms with Crippen LogP contribution in [0.1, 0.15) is 23.7 Å². The number of nitrogens with one attached hydrogen (secondary N) is 1. The molecule has 0 bridgehead atoms. The average Bonchev–Trinajstić information content (AvgIpc) is 2.68. The molecule has 1 heterocycles. The number of nitrogens with zero attached hydrogens (tertiary/aromatic N) is 1. The Kier molecular flexibility index (Phi) is 4.85. The van der Waals surface area contributed by atoms with E-state index in [1.165, 1.54) is 6.92 Å². The van der Waals surface area contributed by atoms with Gasteiger partial charge in [-0.3, -0.25) is 4.79 Å². The fraction of sp³-hybridized carbons (Fsp3) is 0.429. The molecule has 102 valence electrons. The highest BCUT2D eigenvalue weighted by atomic mass is 32.2. The number of ketones is 1. The third-order valence-electron chi connectivity index (χ3n) is 3.03. The van der Waals surface area contributed by atoms with Crippen molar-refractivity contribution < 1.29 is 9.59 Å². The summed E-state index contributed by atoms with van der Waals surface area (Å²) in [5.41, 5.74) is 1.29. The van der Waals surface area contributed by atoms with Crippen LogP contribution in [0, 0.1) is 0 Å². The van der Waals surface area contributed by atoms with Crippen LogP contribution in [0.5, 0.6) is 0 Å². The van der Waals surface area contributed by atoms with E-state index < -0.39 is 0 Å². The molecule has 1 aliphatic rings. The molecule has 1 N–H and O–H groups in total. The first kappa shape index (κ1) is 13.9. The first-order valence-corrected chi connectivity index (χ1v) is 7.57. The van der Waals surface area contributed by atoms with Crippen molar-refractivity contribution in [2.45, 2.75) is 13.3 Å². The predicted octanol–water partition coefficient (Wildman–Crippen LogP) is 2.86. The molecule has 1 fully saturated rings. The van der Waals surface area contributed by atoms with Crippen LogP contribution >= 0.6 is 11.8 Å². The number of Topliss-reactive ketones (excluding diaryl/α,β-unsaturated/α-hetero) is 1. The van der Waals surface area contributed by atoms with Crippen LogP contribution in [-0.2, 0) is 0 Å². The summed E-state index contributed by atoms with van der Waals surface area (Å²) in [6, 6.07) is 6.97. The Morgan fingerprint density at radius 2 is 2.11 bits per heavy atom. The normalized spacial score (nSPS) is 15.7. The monoisotopic (exact) mass is 278 g/mol. The Bertz CT molecular complexity index is 468. The van der Waals surface area contributed by atoms with Gasteiger partial charge in [-0.2, -0.15) is 11.8 Å². The number of urea groups is 1. The molecule has 5 heteroatoms. The maximum atomic E-state index is 12.1. The molecule has 0 radical (unpaired) electrons. The van der Waals surface area contributed by atoms with Gasteiger partial charge in [-0.25, -0.2) is 4.79 Å². The zero-order valence-corrected chi connectivity index (χ0v) is 11.8. The molecular formula is C14H18N2O2S. The van der Waals surface area contributed by atoms with Gasteiger partial charge in [-0.15, -0.1) is 0 Å². The van der Waals surface area contributed by atoms with Crippen molar-refractivity contribution in [3.8, 4) is 0 Å². The summed E-state index contributed by atoms with van der Waals surface area (Å²) in [6.07, 6.45) is 1.03. The third kappa shape index (κ3) is 3.99. The topological polar surface area (TPSA) is 49.4 Å². The molecule has 1 aromatic rings. The first-order valence-electron chi connectivity index (χ1n) is 6.41. The standard InChI is InChI=1S/C14H18N2O2S/c1-11(17)12-4-2-5-13(10-12)15-14(18)16-6-3-8-19-9-7-16/h2,4-5,10H,3,6-9H2,1H3,(H,15,18). The van der Waals surface area contributed by atoms with E-state index in [0.717, 1.165) is 31.0 Å². The average molecular weight is 278 g/mol. The first-order chi connectivity index (χ1) is 9.16. The molecule has 19 heavy (non-hydrogen) atoms. The van der Waals surface area contributed by atoms with Crippen LogP contribution in [0.25, 0.3) is 0 Å². The molecule has 0 saturated carbocycles. The van der Waals surface area contributed by atoms with Crippen molar-refractivity contribution in [1.29, 1.82) is 0 Å². The maximum absolute atomic E-state index is 12.1. The van der Waals surface area contributed by atoms with Crippen LogP contribution in [0.15, 0.2) is 24.3 Å². The van der Waals surface area contributed by atoms with Gasteiger partial charge in [0.1, 0.15) is 0 Å². The van der Waals surface area contributed by atoms with E-state index in [0.29, 0.717) is 11.3 Å². The molecular weight excluding hydrogens is 260 g/mol. The molecule has 0 aliphatic carbocycles.